The van der Waals surface area contributed by atoms with E-state index in [4.69, 9.17) is 5.73 Å². The Kier molecular flexibility index (Phi) is 7.85. The molecule has 0 aromatic heterocycles. The number of carbonyl (C=O) groups is 5. The minimum Gasteiger partial charge on any atom is -0.399 e. The number of benzene rings is 1. The molecule has 0 saturated carbocycles. The highest BCUT2D eigenvalue weighted by atomic mass is 16.2. The lowest BCUT2D eigenvalue weighted by Crippen LogP contribution is -2.54. The van der Waals surface area contributed by atoms with Crippen LogP contribution >= 0.6 is 0 Å². The predicted molar refractivity (Wildman–Crippen MR) is 137 cm³/mol. The van der Waals surface area contributed by atoms with Crippen molar-refractivity contribution in [2.24, 2.45) is 5.92 Å². The number of likely N-dealkylation sites (tertiary alicyclic amines) is 3. The Hall–Kier alpha value is -3.43. The van der Waals surface area contributed by atoms with Crippen molar-refractivity contribution < 1.29 is 24.0 Å². The number of fused-ring (bicyclic) bond motifs is 1. The molecule has 0 bridgehead atoms. The zero-order chi connectivity index (χ0) is 26.9. The third-order valence-electron chi connectivity index (χ3n) is 7.66. The molecule has 200 valence electrons. The number of nitrogens with zero attached hydrogens (tertiary/aromatic N) is 3. The summed E-state index contributed by atoms with van der Waals surface area (Å²) >= 11 is 0. The molecule has 3 aliphatic rings. The first-order valence-corrected chi connectivity index (χ1v) is 13.2. The largest absolute Gasteiger partial charge is 0.399 e. The number of carbonyl (C=O) groups excluding carboxylic acids is 5. The van der Waals surface area contributed by atoms with Crippen LogP contribution in [0.25, 0.3) is 0 Å². The highest BCUT2D eigenvalue weighted by molar-refractivity contribution is 6.01. The van der Waals surface area contributed by atoms with Crippen molar-refractivity contribution in [1.82, 2.24) is 20.0 Å². The molecule has 4 atom stereocenters. The summed E-state index contributed by atoms with van der Waals surface area (Å²) in [4.78, 5) is 70.1. The second kappa shape index (κ2) is 10.9. The molecule has 3 saturated heterocycles. The van der Waals surface area contributed by atoms with E-state index in [1.54, 1.807) is 39.0 Å². The van der Waals surface area contributed by atoms with Crippen molar-refractivity contribution in [1.29, 1.82) is 0 Å². The van der Waals surface area contributed by atoms with Gasteiger partial charge in [-0.05, 0) is 62.3 Å². The van der Waals surface area contributed by atoms with Crippen LogP contribution in [0.15, 0.2) is 24.3 Å². The summed E-state index contributed by atoms with van der Waals surface area (Å²) in [5, 5.41) is 2.85. The topological polar surface area (TPSA) is 133 Å². The van der Waals surface area contributed by atoms with Crippen LogP contribution in [0.1, 0.15) is 63.2 Å². The summed E-state index contributed by atoms with van der Waals surface area (Å²) in [6.45, 7) is 6.21. The van der Waals surface area contributed by atoms with E-state index >= 15 is 0 Å². The fraction of sp³-hybridized carbons (Fsp3) is 0.593. The van der Waals surface area contributed by atoms with E-state index in [0.29, 0.717) is 43.6 Å². The van der Waals surface area contributed by atoms with Crippen molar-refractivity contribution in [3.63, 3.8) is 0 Å². The van der Waals surface area contributed by atoms with E-state index in [-0.39, 0.29) is 41.9 Å². The van der Waals surface area contributed by atoms with E-state index < -0.39 is 24.2 Å². The van der Waals surface area contributed by atoms with Gasteiger partial charge in [-0.25, -0.2) is 0 Å². The number of nitrogens with two attached hydrogens (primary N) is 1. The van der Waals surface area contributed by atoms with Crippen molar-refractivity contribution in [3.8, 4) is 0 Å². The van der Waals surface area contributed by atoms with Crippen LogP contribution in [0.5, 0.6) is 0 Å². The lowest BCUT2D eigenvalue weighted by Gasteiger charge is -2.37. The number of nitrogen functional groups attached to an aromatic ring is 1. The van der Waals surface area contributed by atoms with Gasteiger partial charge >= 0.3 is 0 Å². The molecule has 37 heavy (non-hydrogen) atoms. The number of amides is 4. The molecule has 1 aromatic rings. The minimum absolute atomic E-state index is 0.0627. The summed E-state index contributed by atoms with van der Waals surface area (Å²) in [5.74, 6) is -1.10. The van der Waals surface area contributed by atoms with Gasteiger partial charge in [0.25, 0.3) is 5.91 Å². The minimum atomic E-state index is -0.798. The molecule has 1 aromatic carbocycles. The molecule has 0 spiro atoms. The van der Waals surface area contributed by atoms with Crippen LogP contribution < -0.4 is 11.1 Å². The van der Waals surface area contributed by atoms with Gasteiger partial charge in [-0.15, -0.1) is 0 Å². The van der Waals surface area contributed by atoms with Crippen molar-refractivity contribution in [2.45, 2.75) is 77.0 Å². The number of anilines is 1. The number of hydrogen-bond acceptors (Lipinski definition) is 6. The Bertz CT molecular complexity index is 1070. The molecule has 3 N–H and O–H groups in total. The van der Waals surface area contributed by atoms with Gasteiger partial charge in [-0.1, -0.05) is 13.8 Å². The monoisotopic (exact) mass is 511 g/mol. The van der Waals surface area contributed by atoms with Crippen molar-refractivity contribution in [3.05, 3.63) is 29.8 Å². The third kappa shape index (κ3) is 5.47. The molecule has 4 unspecified atom stereocenters. The van der Waals surface area contributed by atoms with E-state index in [1.807, 2.05) is 13.8 Å². The Morgan fingerprint density at radius 2 is 1.70 bits per heavy atom. The molecular formula is C27H37N5O5. The quantitative estimate of drug-likeness (QED) is 0.552. The zero-order valence-corrected chi connectivity index (χ0v) is 21.8. The maximum atomic E-state index is 13.7. The fourth-order valence-electron chi connectivity index (χ4n) is 5.88. The lowest BCUT2D eigenvalue weighted by atomic mass is 10.00. The number of nitrogens with one attached hydrogen (secondary N) is 1. The number of hydrogen-bond donors (Lipinski definition) is 2. The Morgan fingerprint density at radius 3 is 2.35 bits per heavy atom. The van der Waals surface area contributed by atoms with Crippen LogP contribution in [0, 0.1) is 5.92 Å². The molecule has 3 fully saturated rings. The van der Waals surface area contributed by atoms with Crippen LogP contribution in [0.4, 0.5) is 5.69 Å². The van der Waals surface area contributed by atoms with Gasteiger partial charge in [0.05, 0.1) is 12.6 Å². The SMILES string of the molecule is CC(=O)N1CCCCC1C(=O)N1CC(=O)C2C1CCN2C(=O)C(CC(C)C)NC(=O)c1ccc(N)cc1. The molecular weight excluding hydrogens is 474 g/mol. The summed E-state index contributed by atoms with van der Waals surface area (Å²) in [7, 11) is 0. The molecule has 4 amide bonds. The van der Waals surface area contributed by atoms with Gasteiger partial charge in [0.2, 0.25) is 17.7 Å². The standard InChI is InChI=1S/C27H37N5O5/c1-16(2)14-20(29-25(35)18-7-9-19(28)10-8-18)26(36)31-13-11-21-24(31)23(34)15-32(21)27(37)22-6-4-5-12-30(22)17(3)33/h7-10,16,20-22,24H,4-6,11-15,28H2,1-3H3,(H,29,35). The van der Waals surface area contributed by atoms with Crippen LogP contribution in [-0.2, 0) is 19.2 Å². The normalized spacial score (nSPS) is 24.3. The van der Waals surface area contributed by atoms with Gasteiger partial charge < -0.3 is 25.8 Å². The first kappa shape index (κ1) is 26.6. The van der Waals surface area contributed by atoms with Gasteiger partial charge in [0, 0.05) is 31.3 Å². The van der Waals surface area contributed by atoms with E-state index in [2.05, 4.69) is 5.32 Å². The second-order valence-corrected chi connectivity index (χ2v) is 10.8. The maximum absolute atomic E-state index is 13.7. The summed E-state index contributed by atoms with van der Waals surface area (Å²) in [6, 6.07) is 3.97. The number of piperidine rings is 1. The second-order valence-electron chi connectivity index (χ2n) is 10.8. The highest BCUT2D eigenvalue weighted by Crippen LogP contribution is 2.33. The molecule has 3 heterocycles. The van der Waals surface area contributed by atoms with E-state index in [0.717, 1.165) is 12.8 Å². The predicted octanol–water partition coefficient (Wildman–Crippen LogP) is 1.20. The van der Waals surface area contributed by atoms with E-state index in [9.17, 15) is 24.0 Å². The van der Waals surface area contributed by atoms with Gasteiger partial charge in [0.1, 0.15) is 18.1 Å². The molecule has 0 aliphatic carbocycles. The van der Waals surface area contributed by atoms with Gasteiger partial charge in [-0.3, -0.25) is 24.0 Å². The molecule has 0 radical (unpaired) electrons. The first-order chi connectivity index (χ1) is 17.6. The van der Waals surface area contributed by atoms with Crippen LogP contribution in [-0.4, -0.2) is 87.9 Å². The summed E-state index contributed by atoms with van der Waals surface area (Å²) in [5.41, 5.74) is 6.65. The number of rotatable bonds is 6. The first-order valence-electron chi connectivity index (χ1n) is 13.2. The van der Waals surface area contributed by atoms with Gasteiger partial charge in [-0.2, -0.15) is 0 Å². The molecule has 4 rings (SSSR count). The highest BCUT2D eigenvalue weighted by Gasteiger charge is 2.53. The molecule has 3 aliphatic heterocycles. The number of Topliss-reactive ketones (excluding diaryl/α,β-unsaturated/α-hetero) is 1. The van der Waals surface area contributed by atoms with Crippen molar-refractivity contribution in [2.75, 3.05) is 25.4 Å². The Balaban J connectivity index is 1.49. The van der Waals surface area contributed by atoms with Crippen LogP contribution in [0.2, 0.25) is 0 Å². The average molecular weight is 512 g/mol. The number of ketones is 1. The third-order valence-corrected chi connectivity index (χ3v) is 7.66. The molecule has 10 nitrogen and oxygen atoms in total. The van der Waals surface area contributed by atoms with Gasteiger partial charge in [0.15, 0.2) is 5.78 Å². The maximum Gasteiger partial charge on any atom is 0.251 e. The van der Waals surface area contributed by atoms with E-state index in [1.165, 1.54) is 6.92 Å². The summed E-state index contributed by atoms with van der Waals surface area (Å²) in [6.07, 6.45) is 3.19. The zero-order valence-electron chi connectivity index (χ0n) is 21.8. The smallest absolute Gasteiger partial charge is 0.251 e. The summed E-state index contributed by atoms with van der Waals surface area (Å²) < 4.78 is 0. The Labute approximate surface area is 217 Å². The Morgan fingerprint density at radius 1 is 1.00 bits per heavy atom. The fourth-order valence-corrected chi connectivity index (χ4v) is 5.88. The average Bonchev–Trinajstić information content (AvgIpc) is 3.44. The lowest BCUT2D eigenvalue weighted by molar-refractivity contribution is -0.147. The van der Waals surface area contributed by atoms with Crippen LogP contribution in [0.3, 0.4) is 0 Å². The molecule has 10 heteroatoms. The van der Waals surface area contributed by atoms with Crippen molar-refractivity contribution >= 4 is 35.1 Å².